The van der Waals surface area contributed by atoms with E-state index in [0.29, 0.717) is 10.8 Å². The lowest BCUT2D eigenvalue weighted by molar-refractivity contribution is 0.125. The molecule has 0 spiro atoms. The molecule has 1 fully saturated rings. The Bertz CT molecular complexity index is 660. The fraction of sp³-hybridized carbons (Fsp3) is 0.778. The van der Waals surface area contributed by atoms with Gasteiger partial charge in [-0.1, -0.05) is 77.7 Å². The van der Waals surface area contributed by atoms with Crippen LogP contribution in [0, 0.1) is 34.5 Å². The number of hydrogen-bond acceptors (Lipinski definition) is 0. The molecule has 150 valence electrons. The first-order valence-electron chi connectivity index (χ1n) is 12.0. The van der Waals surface area contributed by atoms with E-state index in [1.54, 1.807) is 11.1 Å². The van der Waals surface area contributed by atoms with E-state index in [2.05, 4.69) is 52.8 Å². The standard InChI is InChI=1S/C27H42/c1-19(2)9-8-10-20(3)23-14-15-24-22-13-12-21-11-6-7-17-26(21,4)25(22)16-18-27(23,24)5/h11-13,19-20,23,25H,6-10,14-18H2,1-5H3/t20-,23-,25+,26+,27-/m1/s1. The first-order valence-corrected chi connectivity index (χ1v) is 12.0. The summed E-state index contributed by atoms with van der Waals surface area (Å²) in [5, 5.41) is 0. The molecule has 0 amide bonds. The van der Waals surface area contributed by atoms with E-state index in [1.165, 1.54) is 64.2 Å². The van der Waals surface area contributed by atoms with Crippen LogP contribution in [0.3, 0.4) is 0 Å². The van der Waals surface area contributed by atoms with Crippen molar-refractivity contribution < 1.29 is 0 Å². The van der Waals surface area contributed by atoms with E-state index in [9.17, 15) is 0 Å². The summed E-state index contributed by atoms with van der Waals surface area (Å²) in [5.74, 6) is 3.46. The molecule has 4 aliphatic rings. The maximum atomic E-state index is 2.64. The highest BCUT2D eigenvalue weighted by molar-refractivity contribution is 5.48. The molecule has 0 aromatic carbocycles. The Balaban J connectivity index is 1.59. The average Bonchev–Trinajstić information content (AvgIpc) is 2.98. The summed E-state index contributed by atoms with van der Waals surface area (Å²) in [6.45, 7) is 12.5. The molecule has 5 atom stereocenters. The minimum atomic E-state index is 0.428. The van der Waals surface area contributed by atoms with E-state index in [1.807, 2.05) is 5.57 Å². The van der Waals surface area contributed by atoms with Crippen molar-refractivity contribution >= 4 is 0 Å². The fourth-order valence-corrected chi connectivity index (χ4v) is 7.51. The summed E-state index contributed by atoms with van der Waals surface area (Å²) in [4.78, 5) is 0. The molecule has 0 aliphatic heterocycles. The molecule has 0 N–H and O–H groups in total. The van der Waals surface area contributed by atoms with Crippen molar-refractivity contribution in [1.29, 1.82) is 0 Å². The zero-order valence-corrected chi connectivity index (χ0v) is 18.6. The van der Waals surface area contributed by atoms with Gasteiger partial charge in [0, 0.05) is 0 Å². The van der Waals surface area contributed by atoms with Gasteiger partial charge in [-0.05, 0) is 90.6 Å². The highest BCUT2D eigenvalue weighted by atomic mass is 14.6. The van der Waals surface area contributed by atoms with E-state index < -0.39 is 0 Å². The summed E-state index contributed by atoms with van der Waals surface area (Å²) in [7, 11) is 0. The molecule has 0 saturated heterocycles. The molecule has 4 aliphatic carbocycles. The van der Waals surface area contributed by atoms with Crippen molar-refractivity contribution in [2.24, 2.45) is 34.5 Å². The van der Waals surface area contributed by atoms with Gasteiger partial charge < -0.3 is 0 Å². The quantitative estimate of drug-likeness (QED) is 0.459. The van der Waals surface area contributed by atoms with Crippen LogP contribution in [-0.2, 0) is 0 Å². The molecule has 0 heteroatoms. The highest BCUT2D eigenvalue weighted by Gasteiger charge is 2.52. The van der Waals surface area contributed by atoms with Gasteiger partial charge in [0.05, 0.1) is 0 Å². The third kappa shape index (κ3) is 3.20. The Hall–Kier alpha value is -0.780. The smallest absolute Gasteiger partial charge is 0.000970 e. The largest absolute Gasteiger partial charge is 0.0807 e. The zero-order valence-electron chi connectivity index (χ0n) is 18.6. The second-order valence-electron chi connectivity index (χ2n) is 11.2. The van der Waals surface area contributed by atoms with Crippen molar-refractivity contribution in [3.8, 4) is 0 Å². The van der Waals surface area contributed by atoms with Gasteiger partial charge in [-0.25, -0.2) is 0 Å². The van der Waals surface area contributed by atoms with Gasteiger partial charge >= 0.3 is 0 Å². The van der Waals surface area contributed by atoms with Crippen LogP contribution in [0.15, 0.2) is 34.9 Å². The van der Waals surface area contributed by atoms with Crippen LogP contribution in [0.25, 0.3) is 0 Å². The molecule has 0 aromatic heterocycles. The van der Waals surface area contributed by atoms with Gasteiger partial charge in [-0.3, -0.25) is 0 Å². The predicted molar refractivity (Wildman–Crippen MR) is 118 cm³/mol. The van der Waals surface area contributed by atoms with Crippen LogP contribution in [0.5, 0.6) is 0 Å². The van der Waals surface area contributed by atoms with E-state index in [4.69, 9.17) is 0 Å². The first kappa shape index (κ1) is 19.5. The second-order valence-corrected chi connectivity index (χ2v) is 11.2. The van der Waals surface area contributed by atoms with Crippen molar-refractivity contribution in [3.05, 3.63) is 34.9 Å². The van der Waals surface area contributed by atoms with Crippen LogP contribution >= 0.6 is 0 Å². The minimum absolute atomic E-state index is 0.428. The second kappa shape index (κ2) is 7.23. The van der Waals surface area contributed by atoms with Crippen LogP contribution in [0.1, 0.15) is 98.8 Å². The minimum Gasteiger partial charge on any atom is -0.0807 e. The van der Waals surface area contributed by atoms with Crippen LogP contribution in [0.4, 0.5) is 0 Å². The van der Waals surface area contributed by atoms with Gasteiger partial charge in [0.1, 0.15) is 0 Å². The summed E-state index contributed by atoms with van der Waals surface area (Å²) < 4.78 is 0. The molecular weight excluding hydrogens is 324 g/mol. The molecular formula is C27H42. The Morgan fingerprint density at radius 3 is 2.59 bits per heavy atom. The van der Waals surface area contributed by atoms with Gasteiger partial charge in [0.2, 0.25) is 0 Å². The Kier molecular flexibility index (Phi) is 5.23. The molecule has 1 saturated carbocycles. The van der Waals surface area contributed by atoms with E-state index >= 15 is 0 Å². The molecule has 0 heterocycles. The molecule has 0 aromatic rings. The van der Waals surface area contributed by atoms with Gasteiger partial charge in [-0.2, -0.15) is 0 Å². The van der Waals surface area contributed by atoms with Crippen molar-refractivity contribution in [3.63, 3.8) is 0 Å². The summed E-state index contributed by atoms with van der Waals surface area (Å²) in [6.07, 6.45) is 21.6. The average molecular weight is 367 g/mol. The SMILES string of the molecule is CC(C)CCC[C@@H](C)[C@H]1CCC2=C3C=CC4=CCCC[C@]4(C)[C@H]3CC[C@@]21C. The fourth-order valence-electron chi connectivity index (χ4n) is 7.51. The first-order chi connectivity index (χ1) is 12.9. The third-order valence-corrected chi connectivity index (χ3v) is 9.15. The summed E-state index contributed by atoms with van der Waals surface area (Å²) in [6, 6.07) is 0. The van der Waals surface area contributed by atoms with Crippen LogP contribution in [0.2, 0.25) is 0 Å². The van der Waals surface area contributed by atoms with Crippen LogP contribution < -0.4 is 0 Å². The Morgan fingerprint density at radius 1 is 1.00 bits per heavy atom. The van der Waals surface area contributed by atoms with Crippen LogP contribution in [-0.4, -0.2) is 0 Å². The maximum Gasteiger partial charge on any atom is -0.000970 e. The highest BCUT2D eigenvalue weighted by Crippen LogP contribution is 2.63. The lowest BCUT2D eigenvalue weighted by atomic mass is 9.53. The normalized spacial score (nSPS) is 39.1. The molecule has 0 radical (unpaired) electrons. The van der Waals surface area contributed by atoms with Gasteiger partial charge in [0.15, 0.2) is 0 Å². The maximum absolute atomic E-state index is 2.64. The van der Waals surface area contributed by atoms with Crippen molar-refractivity contribution in [2.75, 3.05) is 0 Å². The molecule has 0 bridgehead atoms. The van der Waals surface area contributed by atoms with Gasteiger partial charge in [0.25, 0.3) is 0 Å². The Labute approximate surface area is 168 Å². The lowest BCUT2D eigenvalue weighted by Crippen LogP contribution is -2.41. The van der Waals surface area contributed by atoms with Crippen molar-refractivity contribution in [1.82, 2.24) is 0 Å². The summed E-state index contributed by atoms with van der Waals surface area (Å²) in [5.41, 5.74) is 6.23. The molecule has 4 rings (SSSR count). The predicted octanol–water partition coefficient (Wildman–Crippen LogP) is 8.26. The molecule has 27 heavy (non-hydrogen) atoms. The third-order valence-electron chi connectivity index (χ3n) is 9.15. The monoisotopic (exact) mass is 366 g/mol. The molecule has 0 unspecified atom stereocenters. The number of hydrogen-bond donors (Lipinski definition) is 0. The summed E-state index contributed by atoms with van der Waals surface area (Å²) >= 11 is 0. The topological polar surface area (TPSA) is 0 Å². The van der Waals surface area contributed by atoms with E-state index in [0.717, 1.165) is 23.7 Å². The number of allylic oxidation sites excluding steroid dienone is 6. The lowest BCUT2D eigenvalue weighted by Gasteiger charge is -2.51. The number of rotatable bonds is 5. The Morgan fingerprint density at radius 2 is 1.81 bits per heavy atom. The molecule has 0 nitrogen and oxygen atoms in total. The number of fused-ring (bicyclic) bond motifs is 4. The van der Waals surface area contributed by atoms with Crippen molar-refractivity contribution in [2.45, 2.75) is 98.8 Å². The zero-order chi connectivity index (χ0) is 19.2. The van der Waals surface area contributed by atoms with E-state index in [-0.39, 0.29) is 0 Å². The van der Waals surface area contributed by atoms with Gasteiger partial charge in [-0.15, -0.1) is 0 Å².